The summed E-state index contributed by atoms with van der Waals surface area (Å²) < 4.78 is 1.80. The molecule has 14 heavy (non-hydrogen) atoms. The van der Waals surface area contributed by atoms with Gasteiger partial charge < -0.3 is 4.90 Å². The van der Waals surface area contributed by atoms with Gasteiger partial charge in [-0.05, 0) is 26.8 Å². The van der Waals surface area contributed by atoms with Crippen LogP contribution in [0.25, 0.3) is 0 Å². The van der Waals surface area contributed by atoms with Gasteiger partial charge in [-0.25, -0.2) is 0 Å². The monoisotopic (exact) mass is 193 g/mol. The van der Waals surface area contributed by atoms with Crippen LogP contribution in [0.1, 0.15) is 25.2 Å². The van der Waals surface area contributed by atoms with Crippen molar-refractivity contribution in [1.29, 1.82) is 0 Å². The standard InChI is InChI=1S/C10H15N3O/c1-7(2)12-5-9-4-8(3)11-13(9)6-10(12)14/h4,7H,5-6H2,1-3H3. The zero-order chi connectivity index (χ0) is 10.3. The Morgan fingerprint density at radius 1 is 1.43 bits per heavy atom. The minimum atomic E-state index is 0.163. The van der Waals surface area contributed by atoms with Crippen molar-refractivity contribution >= 4 is 5.91 Å². The fraction of sp³-hybridized carbons (Fsp3) is 0.600. The lowest BCUT2D eigenvalue weighted by atomic mass is 10.2. The van der Waals surface area contributed by atoms with Crippen molar-refractivity contribution in [3.05, 3.63) is 17.5 Å². The third kappa shape index (κ3) is 1.41. The van der Waals surface area contributed by atoms with Crippen LogP contribution < -0.4 is 0 Å². The molecule has 0 spiro atoms. The molecule has 2 rings (SSSR count). The number of rotatable bonds is 1. The Kier molecular flexibility index (Phi) is 2.06. The van der Waals surface area contributed by atoms with Gasteiger partial charge in [0.25, 0.3) is 0 Å². The summed E-state index contributed by atoms with van der Waals surface area (Å²) in [5.74, 6) is 0.163. The SMILES string of the molecule is Cc1cc2n(n1)CC(=O)N(C(C)C)C2. The van der Waals surface area contributed by atoms with Crippen LogP contribution in [-0.4, -0.2) is 26.6 Å². The van der Waals surface area contributed by atoms with Crippen LogP contribution in [0.5, 0.6) is 0 Å². The molecule has 1 aliphatic rings. The first kappa shape index (κ1) is 9.24. The van der Waals surface area contributed by atoms with Crippen molar-refractivity contribution in [1.82, 2.24) is 14.7 Å². The summed E-state index contributed by atoms with van der Waals surface area (Å²) in [6, 6.07) is 2.31. The molecule has 1 aromatic rings. The summed E-state index contributed by atoms with van der Waals surface area (Å²) in [7, 11) is 0. The maximum Gasteiger partial charge on any atom is 0.244 e. The van der Waals surface area contributed by atoms with Gasteiger partial charge in [0, 0.05) is 6.04 Å². The molecule has 0 radical (unpaired) electrons. The lowest BCUT2D eigenvalue weighted by Crippen LogP contribution is -2.43. The molecule has 4 heteroatoms. The minimum absolute atomic E-state index is 0.163. The van der Waals surface area contributed by atoms with E-state index >= 15 is 0 Å². The van der Waals surface area contributed by atoms with Gasteiger partial charge in [0.05, 0.1) is 17.9 Å². The lowest BCUT2D eigenvalue weighted by molar-refractivity contribution is -0.136. The molecular weight excluding hydrogens is 178 g/mol. The van der Waals surface area contributed by atoms with Gasteiger partial charge in [-0.1, -0.05) is 0 Å². The van der Waals surface area contributed by atoms with Crippen molar-refractivity contribution in [2.75, 3.05) is 0 Å². The van der Waals surface area contributed by atoms with Crippen LogP contribution in [-0.2, 0) is 17.9 Å². The number of aromatic nitrogens is 2. The largest absolute Gasteiger partial charge is 0.333 e. The van der Waals surface area contributed by atoms with E-state index in [-0.39, 0.29) is 11.9 Å². The Morgan fingerprint density at radius 2 is 2.14 bits per heavy atom. The summed E-state index contributed by atoms with van der Waals surface area (Å²) in [4.78, 5) is 13.6. The second-order valence-electron chi connectivity index (χ2n) is 4.05. The van der Waals surface area contributed by atoms with Crippen LogP contribution in [0.15, 0.2) is 6.07 Å². The summed E-state index contributed by atoms with van der Waals surface area (Å²) in [6.07, 6.45) is 0. The Balaban J connectivity index is 2.30. The van der Waals surface area contributed by atoms with Crippen LogP contribution in [0, 0.1) is 6.92 Å². The first-order chi connectivity index (χ1) is 6.58. The second kappa shape index (κ2) is 3.12. The Labute approximate surface area is 83.5 Å². The van der Waals surface area contributed by atoms with Gasteiger partial charge in [0.1, 0.15) is 6.54 Å². The highest BCUT2D eigenvalue weighted by Crippen LogP contribution is 2.16. The molecule has 0 saturated heterocycles. The molecule has 0 atom stereocenters. The predicted octanol–water partition coefficient (Wildman–Crippen LogP) is 0.942. The highest BCUT2D eigenvalue weighted by molar-refractivity contribution is 5.77. The molecule has 0 unspecified atom stereocenters. The molecule has 76 valence electrons. The molecule has 0 N–H and O–H groups in total. The van der Waals surface area contributed by atoms with E-state index in [9.17, 15) is 4.79 Å². The smallest absolute Gasteiger partial charge is 0.244 e. The van der Waals surface area contributed by atoms with E-state index in [1.54, 1.807) is 4.68 Å². The maximum atomic E-state index is 11.7. The molecule has 1 aromatic heterocycles. The third-order valence-corrected chi connectivity index (χ3v) is 2.55. The minimum Gasteiger partial charge on any atom is -0.333 e. The Morgan fingerprint density at radius 3 is 2.79 bits per heavy atom. The van der Waals surface area contributed by atoms with Crippen molar-refractivity contribution in [2.24, 2.45) is 0 Å². The number of amides is 1. The Hall–Kier alpha value is -1.32. The zero-order valence-electron chi connectivity index (χ0n) is 8.82. The van der Waals surface area contributed by atoms with Crippen molar-refractivity contribution in [3.63, 3.8) is 0 Å². The summed E-state index contributed by atoms with van der Waals surface area (Å²) in [6.45, 7) is 7.11. The average Bonchev–Trinajstić information content (AvgIpc) is 2.42. The molecule has 0 aromatic carbocycles. The summed E-state index contributed by atoms with van der Waals surface area (Å²) in [5, 5.41) is 4.26. The average molecular weight is 193 g/mol. The van der Waals surface area contributed by atoms with Crippen molar-refractivity contribution < 1.29 is 4.79 Å². The summed E-state index contributed by atoms with van der Waals surface area (Å²) >= 11 is 0. The number of fused-ring (bicyclic) bond motifs is 1. The summed E-state index contributed by atoms with van der Waals surface area (Å²) in [5.41, 5.74) is 2.12. The highest BCUT2D eigenvalue weighted by atomic mass is 16.2. The molecule has 0 saturated carbocycles. The van der Waals surface area contributed by atoms with E-state index in [1.807, 2.05) is 31.7 Å². The number of carbonyl (C=O) groups excluding carboxylic acids is 1. The quantitative estimate of drug-likeness (QED) is 0.665. The number of aryl methyl sites for hydroxylation is 1. The molecular formula is C10H15N3O. The predicted molar refractivity (Wildman–Crippen MR) is 52.7 cm³/mol. The topological polar surface area (TPSA) is 38.1 Å². The highest BCUT2D eigenvalue weighted by Gasteiger charge is 2.25. The van der Waals surface area contributed by atoms with E-state index in [2.05, 4.69) is 5.10 Å². The van der Waals surface area contributed by atoms with Gasteiger partial charge in [-0.3, -0.25) is 9.48 Å². The van der Waals surface area contributed by atoms with E-state index in [1.165, 1.54) is 0 Å². The number of carbonyl (C=O) groups is 1. The molecule has 0 bridgehead atoms. The van der Waals surface area contributed by atoms with Crippen LogP contribution >= 0.6 is 0 Å². The van der Waals surface area contributed by atoms with E-state index < -0.39 is 0 Å². The lowest BCUT2D eigenvalue weighted by Gasteiger charge is -2.30. The van der Waals surface area contributed by atoms with Gasteiger partial charge in [-0.2, -0.15) is 5.10 Å². The molecule has 1 amide bonds. The molecule has 2 heterocycles. The van der Waals surface area contributed by atoms with E-state index in [0.29, 0.717) is 13.1 Å². The van der Waals surface area contributed by atoms with Crippen LogP contribution in [0.2, 0.25) is 0 Å². The van der Waals surface area contributed by atoms with Crippen molar-refractivity contribution in [3.8, 4) is 0 Å². The number of nitrogens with zero attached hydrogens (tertiary/aromatic N) is 3. The fourth-order valence-electron chi connectivity index (χ4n) is 1.82. The zero-order valence-corrected chi connectivity index (χ0v) is 8.82. The van der Waals surface area contributed by atoms with Crippen LogP contribution in [0.3, 0.4) is 0 Å². The molecule has 1 aliphatic heterocycles. The van der Waals surface area contributed by atoms with E-state index in [0.717, 1.165) is 11.4 Å². The van der Waals surface area contributed by atoms with Gasteiger partial charge >= 0.3 is 0 Å². The first-order valence-electron chi connectivity index (χ1n) is 4.90. The maximum absolute atomic E-state index is 11.7. The van der Waals surface area contributed by atoms with Crippen LogP contribution in [0.4, 0.5) is 0 Å². The van der Waals surface area contributed by atoms with E-state index in [4.69, 9.17) is 0 Å². The number of hydrogen-bond donors (Lipinski definition) is 0. The Bertz CT molecular complexity index is 367. The molecule has 0 fully saturated rings. The van der Waals surface area contributed by atoms with Crippen molar-refractivity contribution in [2.45, 2.75) is 39.9 Å². The second-order valence-corrected chi connectivity index (χ2v) is 4.05. The van der Waals surface area contributed by atoms with Gasteiger partial charge in [0.2, 0.25) is 5.91 Å². The molecule has 4 nitrogen and oxygen atoms in total. The van der Waals surface area contributed by atoms with Gasteiger partial charge in [0.15, 0.2) is 0 Å². The first-order valence-corrected chi connectivity index (χ1v) is 4.90. The van der Waals surface area contributed by atoms with Gasteiger partial charge in [-0.15, -0.1) is 0 Å². The fourth-order valence-corrected chi connectivity index (χ4v) is 1.82. The molecule has 0 aliphatic carbocycles. The number of hydrogen-bond acceptors (Lipinski definition) is 2. The third-order valence-electron chi connectivity index (χ3n) is 2.55. The normalized spacial score (nSPS) is 16.3.